The highest BCUT2D eigenvalue weighted by atomic mass is 32.2. The van der Waals surface area contributed by atoms with Crippen LogP contribution in [0.1, 0.15) is 24.5 Å². The lowest BCUT2D eigenvalue weighted by atomic mass is 10.1. The van der Waals surface area contributed by atoms with Crippen LogP contribution in [0.4, 0.5) is 0 Å². The maximum atomic E-state index is 12.0. The van der Waals surface area contributed by atoms with Crippen LogP contribution in [0.2, 0.25) is 0 Å². The molecule has 0 radical (unpaired) electrons. The first-order valence-electron chi connectivity index (χ1n) is 7.38. The van der Waals surface area contributed by atoms with Crippen LogP contribution in [0.5, 0.6) is 0 Å². The molecule has 0 spiro atoms. The number of sulfonamides is 1. The molecule has 1 aromatic carbocycles. The van der Waals surface area contributed by atoms with Crippen molar-refractivity contribution in [1.29, 1.82) is 0 Å². The Hall–Kier alpha value is -0.910. The highest BCUT2D eigenvalue weighted by Crippen LogP contribution is 2.05. The zero-order valence-electron chi connectivity index (χ0n) is 12.4. The van der Waals surface area contributed by atoms with Gasteiger partial charge in [0, 0.05) is 5.56 Å². The van der Waals surface area contributed by atoms with E-state index in [2.05, 4.69) is 31.2 Å². The third-order valence-electron chi connectivity index (χ3n) is 3.86. The Morgan fingerprint density at radius 2 is 1.75 bits per heavy atom. The lowest BCUT2D eigenvalue weighted by Crippen LogP contribution is -3.13. The molecular formula is C15H25N2O2S+. The monoisotopic (exact) mass is 297 g/mol. The molecule has 1 saturated heterocycles. The van der Waals surface area contributed by atoms with Crippen molar-refractivity contribution < 1.29 is 13.3 Å². The summed E-state index contributed by atoms with van der Waals surface area (Å²) in [6.45, 7) is 8.10. The van der Waals surface area contributed by atoms with E-state index in [1.54, 1.807) is 4.31 Å². The molecule has 0 unspecified atom stereocenters. The fraction of sp³-hybridized carbons (Fsp3) is 0.600. The van der Waals surface area contributed by atoms with Crippen molar-refractivity contribution in [3.63, 3.8) is 0 Å². The summed E-state index contributed by atoms with van der Waals surface area (Å²) in [4.78, 5) is 1.47. The van der Waals surface area contributed by atoms with Crippen LogP contribution in [0.25, 0.3) is 0 Å². The quantitative estimate of drug-likeness (QED) is 0.857. The minimum absolute atomic E-state index is 0.278. The van der Waals surface area contributed by atoms with Gasteiger partial charge in [-0.1, -0.05) is 36.8 Å². The number of nitrogens with one attached hydrogen (secondary N) is 1. The van der Waals surface area contributed by atoms with Crippen molar-refractivity contribution in [2.75, 3.05) is 31.9 Å². The van der Waals surface area contributed by atoms with Crippen molar-refractivity contribution in [1.82, 2.24) is 4.31 Å². The number of hydrogen-bond acceptors (Lipinski definition) is 2. The summed E-state index contributed by atoms with van der Waals surface area (Å²) in [5.74, 6) is 0.278. The summed E-state index contributed by atoms with van der Waals surface area (Å²) in [6, 6.07) is 8.61. The second-order valence-corrected chi connectivity index (χ2v) is 7.72. The van der Waals surface area contributed by atoms with Gasteiger partial charge >= 0.3 is 0 Å². The molecule has 1 heterocycles. The van der Waals surface area contributed by atoms with E-state index in [0.29, 0.717) is 19.5 Å². The average molecular weight is 297 g/mol. The molecule has 2 rings (SSSR count). The number of aryl methyl sites for hydroxylation is 1. The highest BCUT2D eigenvalue weighted by Gasteiger charge is 2.28. The first kappa shape index (κ1) is 15.5. The molecule has 0 saturated carbocycles. The molecule has 1 fully saturated rings. The van der Waals surface area contributed by atoms with Gasteiger partial charge in [0.15, 0.2) is 0 Å². The van der Waals surface area contributed by atoms with Gasteiger partial charge in [0.1, 0.15) is 6.54 Å². The van der Waals surface area contributed by atoms with Crippen molar-refractivity contribution in [2.24, 2.45) is 0 Å². The zero-order valence-corrected chi connectivity index (χ0v) is 13.2. The molecule has 1 N–H and O–H groups in total. The molecule has 0 aromatic heterocycles. The molecule has 112 valence electrons. The van der Waals surface area contributed by atoms with Gasteiger partial charge < -0.3 is 4.90 Å². The van der Waals surface area contributed by atoms with E-state index in [4.69, 9.17) is 0 Å². The van der Waals surface area contributed by atoms with Gasteiger partial charge in [-0.3, -0.25) is 0 Å². The number of hydrogen-bond donors (Lipinski definition) is 1. The zero-order chi connectivity index (χ0) is 14.6. The smallest absolute Gasteiger partial charge is 0.214 e. The minimum atomic E-state index is -3.02. The fourth-order valence-corrected chi connectivity index (χ4v) is 4.15. The minimum Gasteiger partial charge on any atom is -0.329 e. The SMILES string of the molecule is CCCS(=O)(=O)N1CC[NH+](Cc2ccc(C)cc2)CC1. The van der Waals surface area contributed by atoms with Gasteiger partial charge in [-0.25, -0.2) is 8.42 Å². The number of piperazine rings is 1. The van der Waals surface area contributed by atoms with Gasteiger partial charge in [-0.2, -0.15) is 4.31 Å². The summed E-state index contributed by atoms with van der Waals surface area (Å²) in [7, 11) is -3.02. The van der Waals surface area contributed by atoms with E-state index in [1.165, 1.54) is 16.0 Å². The normalized spacial score (nSPS) is 18.3. The fourth-order valence-electron chi connectivity index (χ4n) is 2.64. The largest absolute Gasteiger partial charge is 0.329 e. The lowest BCUT2D eigenvalue weighted by molar-refractivity contribution is -0.917. The highest BCUT2D eigenvalue weighted by molar-refractivity contribution is 7.89. The van der Waals surface area contributed by atoms with Crippen LogP contribution in [0, 0.1) is 6.92 Å². The average Bonchev–Trinajstić information content (AvgIpc) is 2.42. The first-order chi connectivity index (χ1) is 9.51. The summed E-state index contributed by atoms with van der Waals surface area (Å²) in [5.41, 5.74) is 2.61. The maximum Gasteiger partial charge on any atom is 0.214 e. The number of benzene rings is 1. The Balaban J connectivity index is 1.87. The van der Waals surface area contributed by atoms with Crippen molar-refractivity contribution in [3.05, 3.63) is 35.4 Å². The molecule has 1 aromatic rings. The Morgan fingerprint density at radius 3 is 2.30 bits per heavy atom. The van der Waals surface area contributed by atoms with Crippen LogP contribution in [0.15, 0.2) is 24.3 Å². The number of rotatable bonds is 5. The van der Waals surface area contributed by atoms with Crippen molar-refractivity contribution in [3.8, 4) is 0 Å². The molecule has 0 atom stereocenters. The molecule has 20 heavy (non-hydrogen) atoms. The van der Waals surface area contributed by atoms with E-state index in [-0.39, 0.29) is 5.75 Å². The van der Waals surface area contributed by atoms with E-state index in [9.17, 15) is 8.42 Å². The Bertz CT molecular complexity index is 517. The molecule has 0 bridgehead atoms. The summed E-state index contributed by atoms with van der Waals surface area (Å²) in [5, 5.41) is 0. The number of nitrogens with zero attached hydrogens (tertiary/aromatic N) is 1. The van der Waals surface area contributed by atoms with E-state index in [0.717, 1.165) is 19.6 Å². The predicted octanol–water partition coefficient (Wildman–Crippen LogP) is 0.435. The second-order valence-electron chi connectivity index (χ2n) is 5.63. The van der Waals surface area contributed by atoms with Crippen LogP contribution in [-0.4, -0.2) is 44.7 Å². The molecule has 0 amide bonds. The van der Waals surface area contributed by atoms with Crippen LogP contribution >= 0.6 is 0 Å². The molecule has 5 heteroatoms. The predicted molar refractivity (Wildman–Crippen MR) is 81.2 cm³/mol. The van der Waals surface area contributed by atoms with E-state index < -0.39 is 10.0 Å². The molecular weight excluding hydrogens is 272 g/mol. The molecule has 0 aliphatic carbocycles. The standard InChI is InChI=1S/C15H24N2O2S/c1-3-12-20(18,19)17-10-8-16(9-11-17)13-15-6-4-14(2)5-7-15/h4-7H,3,8-13H2,1-2H3/p+1. The lowest BCUT2D eigenvalue weighted by Gasteiger charge is -2.31. The van der Waals surface area contributed by atoms with Crippen molar-refractivity contribution in [2.45, 2.75) is 26.8 Å². The third-order valence-corrected chi connectivity index (χ3v) is 5.94. The van der Waals surface area contributed by atoms with Gasteiger partial charge in [0.05, 0.1) is 31.9 Å². The number of quaternary nitrogens is 1. The van der Waals surface area contributed by atoms with Crippen LogP contribution < -0.4 is 4.90 Å². The first-order valence-corrected chi connectivity index (χ1v) is 8.99. The summed E-state index contributed by atoms with van der Waals surface area (Å²) < 4.78 is 25.7. The molecule has 4 nitrogen and oxygen atoms in total. The topological polar surface area (TPSA) is 41.8 Å². The van der Waals surface area contributed by atoms with Gasteiger partial charge in [0.25, 0.3) is 0 Å². The molecule has 1 aliphatic heterocycles. The summed E-state index contributed by atoms with van der Waals surface area (Å²) in [6.07, 6.45) is 0.693. The Labute approximate surface area is 122 Å². The summed E-state index contributed by atoms with van der Waals surface area (Å²) >= 11 is 0. The van der Waals surface area contributed by atoms with Gasteiger partial charge in [-0.05, 0) is 13.3 Å². The van der Waals surface area contributed by atoms with Crippen LogP contribution in [0.3, 0.4) is 0 Å². The van der Waals surface area contributed by atoms with E-state index >= 15 is 0 Å². The van der Waals surface area contributed by atoms with Crippen LogP contribution in [-0.2, 0) is 16.6 Å². The van der Waals surface area contributed by atoms with Gasteiger partial charge in [-0.15, -0.1) is 0 Å². The Kier molecular flexibility index (Phi) is 5.18. The van der Waals surface area contributed by atoms with Crippen molar-refractivity contribution >= 4 is 10.0 Å². The Morgan fingerprint density at radius 1 is 1.15 bits per heavy atom. The second kappa shape index (κ2) is 6.70. The maximum absolute atomic E-state index is 12.0. The van der Waals surface area contributed by atoms with Gasteiger partial charge in [0.2, 0.25) is 10.0 Å². The third kappa shape index (κ3) is 4.04. The molecule has 1 aliphatic rings. The van der Waals surface area contributed by atoms with E-state index in [1.807, 2.05) is 6.92 Å².